The van der Waals surface area contributed by atoms with E-state index in [0.717, 1.165) is 13.1 Å². The summed E-state index contributed by atoms with van der Waals surface area (Å²) in [5.41, 5.74) is 2.55. The number of hydrogen-bond donors (Lipinski definition) is 0. The molecular formula is C58H62B2Br2F8N2P2. The third kappa shape index (κ3) is 19.3. The smallest absolute Gasteiger partial charge is 0.673 e. The summed E-state index contributed by atoms with van der Waals surface area (Å²) in [5.74, 6) is 0. The van der Waals surface area contributed by atoms with Crippen LogP contribution in [0.3, 0.4) is 0 Å². The minimum absolute atomic E-state index is 0. The van der Waals surface area contributed by atoms with Crippen molar-refractivity contribution in [3.05, 3.63) is 231 Å². The van der Waals surface area contributed by atoms with Crippen LogP contribution in [-0.2, 0) is 13.1 Å². The van der Waals surface area contributed by atoms with Crippen molar-refractivity contribution in [1.82, 2.24) is 0 Å². The molecule has 0 aliphatic rings. The number of rotatable bonds is 21. The summed E-state index contributed by atoms with van der Waals surface area (Å²) in [5, 5.41) is 8.91. The van der Waals surface area contributed by atoms with Crippen molar-refractivity contribution in [3.63, 3.8) is 0 Å². The molecular weight excluding hydrogens is 1120 g/mol. The molecule has 0 saturated carbocycles. The van der Waals surface area contributed by atoms with E-state index in [-0.39, 0.29) is 34.0 Å². The number of unbranched alkanes of at least 4 members (excludes halogenated alkanes) is 6. The molecule has 0 unspecified atom stereocenters. The zero-order valence-electron chi connectivity index (χ0n) is 41.1. The minimum Gasteiger partial charge on any atom is -1.00 e. The normalized spacial score (nSPS) is 11.4. The molecule has 6 aromatic carbocycles. The van der Waals surface area contributed by atoms with Crippen LogP contribution < -0.4 is 74.9 Å². The molecule has 0 atom stereocenters. The molecule has 0 aliphatic carbocycles. The van der Waals surface area contributed by atoms with Gasteiger partial charge in [-0.05, 0) is 122 Å². The molecule has 0 saturated heterocycles. The predicted molar refractivity (Wildman–Crippen MR) is 290 cm³/mol. The highest BCUT2D eigenvalue weighted by Gasteiger charge is 2.45. The summed E-state index contributed by atoms with van der Waals surface area (Å²) in [7, 11) is -15.5. The van der Waals surface area contributed by atoms with Crippen LogP contribution >= 0.6 is 14.5 Å². The van der Waals surface area contributed by atoms with Crippen LogP contribution in [0, 0.1) is 0 Å². The summed E-state index contributed by atoms with van der Waals surface area (Å²) < 4.78 is 82.7. The topological polar surface area (TPSA) is 7.76 Å². The second-order valence-electron chi connectivity index (χ2n) is 17.5. The van der Waals surface area contributed by atoms with E-state index in [1.54, 1.807) is 0 Å². The van der Waals surface area contributed by atoms with Crippen LogP contribution in [0.25, 0.3) is 11.1 Å². The number of benzene rings is 6. The fourth-order valence-corrected chi connectivity index (χ4v) is 18.2. The Labute approximate surface area is 454 Å². The third-order valence-corrected chi connectivity index (χ3v) is 21.7. The lowest BCUT2D eigenvalue weighted by Crippen LogP contribution is -3.00. The first kappa shape index (κ1) is 61.6. The van der Waals surface area contributed by atoms with E-state index in [1.165, 1.54) is 107 Å². The molecule has 74 heavy (non-hydrogen) atoms. The highest BCUT2D eigenvalue weighted by atomic mass is 79.9. The van der Waals surface area contributed by atoms with E-state index in [0.29, 0.717) is 0 Å². The molecule has 0 spiro atoms. The molecule has 8 rings (SSSR count). The highest BCUT2D eigenvalue weighted by Crippen LogP contribution is 2.57. The first-order valence-electron chi connectivity index (χ1n) is 24.6. The van der Waals surface area contributed by atoms with Gasteiger partial charge >= 0.3 is 14.5 Å². The average molecular weight is 1180 g/mol. The van der Waals surface area contributed by atoms with Gasteiger partial charge in [0.2, 0.25) is 0 Å². The van der Waals surface area contributed by atoms with Crippen molar-refractivity contribution in [2.24, 2.45) is 0 Å². The van der Waals surface area contributed by atoms with Crippen LogP contribution in [0.15, 0.2) is 231 Å². The van der Waals surface area contributed by atoms with Gasteiger partial charge in [0.25, 0.3) is 0 Å². The first-order valence-corrected chi connectivity index (χ1v) is 28.5. The summed E-state index contributed by atoms with van der Waals surface area (Å²) in [6.45, 7) is 2.11. The van der Waals surface area contributed by atoms with Crippen molar-refractivity contribution >= 4 is 60.9 Å². The van der Waals surface area contributed by atoms with Crippen molar-refractivity contribution in [3.8, 4) is 11.1 Å². The Morgan fingerprint density at radius 3 is 0.662 bits per heavy atom. The third-order valence-electron chi connectivity index (χ3n) is 12.6. The quantitative estimate of drug-likeness (QED) is 0.0230. The lowest BCUT2D eigenvalue weighted by atomic mass is 10.1. The molecule has 16 heteroatoms. The highest BCUT2D eigenvalue weighted by molar-refractivity contribution is 7.96. The summed E-state index contributed by atoms with van der Waals surface area (Å²) in [6.07, 6.45) is 21.3. The van der Waals surface area contributed by atoms with Gasteiger partial charge in [-0.3, -0.25) is 0 Å². The molecule has 390 valence electrons. The Balaban J connectivity index is 0.000000903. The van der Waals surface area contributed by atoms with E-state index in [1.807, 2.05) is 0 Å². The van der Waals surface area contributed by atoms with E-state index in [4.69, 9.17) is 0 Å². The van der Waals surface area contributed by atoms with Gasteiger partial charge in [0.1, 0.15) is 59.4 Å². The SMILES string of the molecule is F[B-](F)(F)F.F[B-](F)(F)F.[Br-].[Br-].c1ccc([P+](CCCCCC[n+]2ccc(-c3cc[n+](CCCCCC[P+](c4ccccc4)(c4ccccc4)c4ccccc4)cc3)cc2)(c2ccccc2)c2ccccc2)cc1. The standard InChI is InChI=1S/C58H62N2P2.2BF4.2BrH/c1(3-25-49-61(53-27-11-5-12-28-53,54-29-13-6-14-30-54)55-31-15-7-16-32-55)23-43-59-45-39-51(40-46-59)52-41-47-60(48-42-52)44-24-2-4-26-50-62(56-33-17-8-18-34-56,57-35-19-9-20-36-57)58-37-21-10-22-38-58;2*2-1(3,4)5;;/h5-22,27-42,45-48H,1-4,23-26,43-44,49-50H2;;;2*1H/q+4;2*-1;;/p-2. The first-order chi connectivity index (χ1) is 34.8. The number of aryl methyl sites for hydroxylation is 2. The number of hydrogen-bond acceptors (Lipinski definition) is 0. The van der Waals surface area contributed by atoms with Gasteiger partial charge in [-0.1, -0.05) is 109 Å². The lowest BCUT2D eigenvalue weighted by molar-refractivity contribution is -0.697. The van der Waals surface area contributed by atoms with Gasteiger partial charge in [-0.2, -0.15) is 0 Å². The fraction of sp³-hybridized carbons (Fsp3) is 0.207. The fourth-order valence-electron chi connectivity index (χ4n) is 9.36. The van der Waals surface area contributed by atoms with Gasteiger partial charge in [-0.15, -0.1) is 0 Å². The molecule has 8 aromatic rings. The molecule has 0 radical (unpaired) electrons. The molecule has 0 N–H and O–H groups in total. The summed E-state index contributed by atoms with van der Waals surface area (Å²) >= 11 is 0. The number of halogens is 10. The largest absolute Gasteiger partial charge is 1.00 e. The van der Waals surface area contributed by atoms with Crippen molar-refractivity contribution in [2.45, 2.75) is 64.5 Å². The Morgan fingerprint density at radius 2 is 0.459 bits per heavy atom. The maximum atomic E-state index is 9.75. The summed E-state index contributed by atoms with van der Waals surface area (Å²) in [6, 6.07) is 76.9. The minimum atomic E-state index is -6.00. The average Bonchev–Trinajstić information content (AvgIpc) is 3.39. The molecule has 0 fully saturated rings. The van der Waals surface area contributed by atoms with Crippen LogP contribution in [0.2, 0.25) is 0 Å². The monoisotopic (exact) mass is 1180 g/mol. The van der Waals surface area contributed by atoms with Gasteiger partial charge in [0.05, 0.1) is 12.3 Å². The molecule has 0 aliphatic heterocycles. The van der Waals surface area contributed by atoms with Gasteiger partial charge < -0.3 is 68.5 Å². The zero-order chi connectivity index (χ0) is 51.1. The number of pyridine rings is 2. The predicted octanol–water partition coefficient (Wildman–Crippen LogP) is 7.65. The van der Waals surface area contributed by atoms with Crippen LogP contribution in [0.5, 0.6) is 0 Å². The van der Waals surface area contributed by atoms with Gasteiger partial charge in [-0.25, -0.2) is 9.13 Å². The second kappa shape index (κ2) is 31.2. The maximum absolute atomic E-state index is 9.75. The van der Waals surface area contributed by atoms with Crippen LogP contribution in [-0.4, -0.2) is 26.8 Å². The van der Waals surface area contributed by atoms with E-state index >= 15 is 0 Å². The molecule has 2 heterocycles. The Bertz CT molecular complexity index is 2340. The van der Waals surface area contributed by atoms with E-state index in [9.17, 15) is 34.5 Å². The van der Waals surface area contributed by atoms with Gasteiger partial charge in [0, 0.05) is 37.1 Å². The van der Waals surface area contributed by atoms with E-state index in [2.05, 4.69) is 240 Å². The molecule has 0 bridgehead atoms. The lowest BCUT2D eigenvalue weighted by Gasteiger charge is -2.27. The Morgan fingerprint density at radius 1 is 0.270 bits per heavy atom. The zero-order valence-corrected chi connectivity index (χ0v) is 46.1. The Kier molecular flexibility index (Phi) is 25.9. The van der Waals surface area contributed by atoms with Crippen LogP contribution in [0.1, 0.15) is 51.4 Å². The van der Waals surface area contributed by atoms with Crippen molar-refractivity contribution in [1.29, 1.82) is 0 Å². The molecule has 2 aromatic heterocycles. The maximum Gasteiger partial charge on any atom is 0.673 e. The van der Waals surface area contributed by atoms with Crippen molar-refractivity contribution < 1.29 is 77.6 Å². The van der Waals surface area contributed by atoms with Gasteiger partial charge in [0.15, 0.2) is 24.8 Å². The number of aromatic nitrogens is 2. The second-order valence-corrected chi connectivity index (χ2v) is 24.8. The molecule has 2 nitrogen and oxygen atoms in total. The van der Waals surface area contributed by atoms with E-state index < -0.39 is 29.0 Å². The molecule has 0 amide bonds. The van der Waals surface area contributed by atoms with Crippen molar-refractivity contribution in [2.75, 3.05) is 12.3 Å². The number of nitrogens with zero attached hydrogens (tertiary/aromatic N) is 2. The van der Waals surface area contributed by atoms with Crippen LogP contribution in [0.4, 0.5) is 34.5 Å². The summed E-state index contributed by atoms with van der Waals surface area (Å²) in [4.78, 5) is 0. The Hall–Kier alpha value is -4.99.